The summed E-state index contributed by atoms with van der Waals surface area (Å²) in [6.07, 6.45) is 0. The number of amides is 1. The van der Waals surface area contributed by atoms with Crippen LogP contribution >= 0.6 is 11.6 Å². The van der Waals surface area contributed by atoms with Crippen LogP contribution in [0.3, 0.4) is 0 Å². The van der Waals surface area contributed by atoms with Crippen molar-refractivity contribution < 1.29 is 14.3 Å². The maximum absolute atomic E-state index is 12.2. The summed E-state index contributed by atoms with van der Waals surface area (Å²) in [4.78, 5) is 24.7. The number of carbonyl (C=O) groups excluding carboxylic acids is 2. The zero-order valence-electron chi connectivity index (χ0n) is 10.3. The molecule has 1 amide bonds. The monoisotopic (exact) mass is 270 g/mol. The molecule has 0 atom stereocenters. The first-order valence-electron chi connectivity index (χ1n) is 5.40. The van der Waals surface area contributed by atoms with Crippen LogP contribution in [0.5, 0.6) is 0 Å². The van der Waals surface area contributed by atoms with Crippen LogP contribution in [0.15, 0.2) is 18.2 Å². The Labute approximate surface area is 110 Å². The van der Waals surface area contributed by atoms with Crippen LogP contribution < -0.4 is 5.73 Å². The highest BCUT2D eigenvalue weighted by Crippen LogP contribution is 2.20. The van der Waals surface area contributed by atoms with Crippen molar-refractivity contribution in [3.8, 4) is 0 Å². The molecule has 1 rings (SSSR count). The molecule has 0 aliphatic heterocycles. The molecule has 0 aliphatic rings. The van der Waals surface area contributed by atoms with E-state index >= 15 is 0 Å². The molecule has 1 aromatic rings. The average molecular weight is 271 g/mol. The van der Waals surface area contributed by atoms with Gasteiger partial charge in [-0.15, -0.1) is 0 Å². The third kappa shape index (κ3) is 3.37. The minimum atomic E-state index is -0.481. The number of carbonyl (C=O) groups is 2. The van der Waals surface area contributed by atoms with Gasteiger partial charge in [-0.25, -0.2) is 0 Å². The number of hydrogen-bond acceptors (Lipinski definition) is 4. The molecule has 0 saturated carbocycles. The van der Waals surface area contributed by atoms with Gasteiger partial charge in [0.2, 0.25) is 0 Å². The van der Waals surface area contributed by atoms with Gasteiger partial charge in [0.05, 0.1) is 17.7 Å². The average Bonchev–Trinajstić information content (AvgIpc) is 2.37. The first-order valence-corrected chi connectivity index (χ1v) is 5.78. The van der Waals surface area contributed by atoms with E-state index in [1.807, 2.05) is 0 Å². The van der Waals surface area contributed by atoms with Crippen molar-refractivity contribution in [1.29, 1.82) is 0 Å². The van der Waals surface area contributed by atoms with E-state index < -0.39 is 5.97 Å². The summed E-state index contributed by atoms with van der Waals surface area (Å²) in [5.41, 5.74) is 6.33. The predicted molar refractivity (Wildman–Crippen MR) is 69.5 cm³/mol. The van der Waals surface area contributed by atoms with E-state index in [0.29, 0.717) is 17.3 Å². The predicted octanol–water partition coefficient (Wildman–Crippen LogP) is 1.56. The molecule has 1 aromatic carbocycles. The normalized spacial score (nSPS) is 9.94. The number of benzene rings is 1. The van der Waals surface area contributed by atoms with Crippen molar-refractivity contribution in [3.63, 3.8) is 0 Å². The summed E-state index contributed by atoms with van der Waals surface area (Å²) in [7, 11) is 1.27. The smallest absolute Gasteiger partial charge is 0.325 e. The van der Waals surface area contributed by atoms with Crippen LogP contribution in [0.4, 0.5) is 5.69 Å². The quantitative estimate of drug-likeness (QED) is 0.666. The number of rotatable bonds is 4. The largest absolute Gasteiger partial charge is 0.468 e. The summed E-state index contributed by atoms with van der Waals surface area (Å²) >= 11 is 5.94. The molecule has 98 valence electrons. The maximum atomic E-state index is 12.2. The van der Waals surface area contributed by atoms with E-state index in [0.717, 1.165) is 0 Å². The minimum Gasteiger partial charge on any atom is -0.468 e. The summed E-state index contributed by atoms with van der Waals surface area (Å²) in [5, 5.41) is 0.303. The first kappa shape index (κ1) is 14.3. The molecule has 2 N–H and O–H groups in total. The summed E-state index contributed by atoms with van der Waals surface area (Å²) in [6.45, 7) is 2.02. The Hall–Kier alpha value is -1.75. The molecule has 0 bridgehead atoms. The number of halogens is 1. The number of esters is 1. The van der Waals surface area contributed by atoms with E-state index in [2.05, 4.69) is 4.74 Å². The number of nitrogen functional groups attached to an aromatic ring is 1. The number of anilines is 1. The fourth-order valence-corrected chi connectivity index (χ4v) is 1.62. The van der Waals surface area contributed by atoms with Gasteiger partial charge in [-0.1, -0.05) is 11.6 Å². The van der Waals surface area contributed by atoms with Gasteiger partial charge in [-0.05, 0) is 25.1 Å². The van der Waals surface area contributed by atoms with E-state index in [4.69, 9.17) is 17.3 Å². The van der Waals surface area contributed by atoms with Gasteiger partial charge in [-0.3, -0.25) is 9.59 Å². The number of hydrogen-bond donors (Lipinski definition) is 1. The number of nitrogens with two attached hydrogens (primary N) is 1. The Morgan fingerprint density at radius 3 is 2.67 bits per heavy atom. The summed E-state index contributed by atoms with van der Waals surface area (Å²) < 4.78 is 4.53. The van der Waals surface area contributed by atoms with Crippen LogP contribution in [-0.2, 0) is 9.53 Å². The van der Waals surface area contributed by atoms with Gasteiger partial charge in [-0.2, -0.15) is 0 Å². The van der Waals surface area contributed by atoms with Crippen molar-refractivity contribution in [2.75, 3.05) is 25.9 Å². The molecule has 0 fully saturated rings. The second kappa shape index (κ2) is 6.26. The highest BCUT2D eigenvalue weighted by molar-refractivity contribution is 6.34. The van der Waals surface area contributed by atoms with Crippen molar-refractivity contribution >= 4 is 29.2 Å². The Morgan fingerprint density at radius 2 is 2.11 bits per heavy atom. The van der Waals surface area contributed by atoms with Gasteiger partial charge in [0.25, 0.3) is 5.91 Å². The maximum Gasteiger partial charge on any atom is 0.325 e. The van der Waals surface area contributed by atoms with Crippen LogP contribution in [0, 0.1) is 0 Å². The van der Waals surface area contributed by atoms with Gasteiger partial charge < -0.3 is 15.4 Å². The highest BCUT2D eigenvalue weighted by atomic mass is 35.5. The van der Waals surface area contributed by atoms with E-state index in [9.17, 15) is 9.59 Å². The molecule has 0 spiro atoms. The van der Waals surface area contributed by atoms with Gasteiger partial charge in [0.1, 0.15) is 6.54 Å². The minimum absolute atomic E-state index is 0.114. The third-order valence-corrected chi connectivity index (χ3v) is 2.77. The summed E-state index contributed by atoms with van der Waals surface area (Å²) in [6, 6.07) is 4.65. The SMILES string of the molecule is CCN(CC(=O)OC)C(=O)c1cc(N)ccc1Cl. The lowest BCUT2D eigenvalue weighted by molar-refractivity contribution is -0.141. The molecule has 0 aliphatic carbocycles. The van der Waals surface area contributed by atoms with Crippen molar-refractivity contribution in [1.82, 2.24) is 4.90 Å². The second-order valence-corrected chi connectivity index (χ2v) is 4.04. The Bertz CT molecular complexity index is 463. The molecule has 18 heavy (non-hydrogen) atoms. The van der Waals surface area contributed by atoms with Crippen molar-refractivity contribution in [2.45, 2.75) is 6.92 Å². The molecule has 6 heteroatoms. The Morgan fingerprint density at radius 1 is 1.44 bits per heavy atom. The van der Waals surface area contributed by atoms with Crippen LogP contribution in [0.1, 0.15) is 17.3 Å². The number of ether oxygens (including phenoxy) is 1. The zero-order valence-corrected chi connectivity index (χ0v) is 11.0. The van der Waals surface area contributed by atoms with Crippen LogP contribution in [0.25, 0.3) is 0 Å². The molecule has 5 nitrogen and oxygen atoms in total. The molecule has 0 unspecified atom stereocenters. The third-order valence-electron chi connectivity index (χ3n) is 2.44. The highest BCUT2D eigenvalue weighted by Gasteiger charge is 2.20. The standard InChI is InChI=1S/C12H15ClN2O3/c1-3-15(7-11(16)18-2)12(17)9-6-8(14)4-5-10(9)13/h4-6H,3,7,14H2,1-2H3. The molecule has 0 radical (unpaired) electrons. The van der Waals surface area contributed by atoms with Crippen LogP contribution in [-0.4, -0.2) is 37.0 Å². The molecule has 0 heterocycles. The van der Waals surface area contributed by atoms with Gasteiger partial charge in [0, 0.05) is 12.2 Å². The topological polar surface area (TPSA) is 72.6 Å². The van der Waals surface area contributed by atoms with Crippen molar-refractivity contribution in [3.05, 3.63) is 28.8 Å². The number of methoxy groups -OCH3 is 1. The molecular formula is C12H15ClN2O3. The van der Waals surface area contributed by atoms with E-state index in [-0.39, 0.29) is 18.0 Å². The lowest BCUT2D eigenvalue weighted by atomic mass is 10.1. The fourth-order valence-electron chi connectivity index (χ4n) is 1.42. The number of nitrogens with zero attached hydrogens (tertiary/aromatic N) is 1. The molecule has 0 saturated heterocycles. The van der Waals surface area contributed by atoms with Crippen molar-refractivity contribution in [2.24, 2.45) is 0 Å². The van der Waals surface area contributed by atoms with E-state index in [1.54, 1.807) is 19.1 Å². The first-order chi connectivity index (χ1) is 8.49. The fraction of sp³-hybridized carbons (Fsp3) is 0.333. The summed E-state index contributed by atoms with van der Waals surface area (Å²) in [5.74, 6) is -0.828. The van der Waals surface area contributed by atoms with E-state index in [1.165, 1.54) is 18.1 Å². The second-order valence-electron chi connectivity index (χ2n) is 3.63. The lowest BCUT2D eigenvalue weighted by Crippen LogP contribution is -2.36. The zero-order chi connectivity index (χ0) is 13.7. The van der Waals surface area contributed by atoms with Gasteiger partial charge >= 0.3 is 5.97 Å². The molecular weight excluding hydrogens is 256 g/mol. The Balaban J connectivity index is 2.96. The van der Waals surface area contributed by atoms with Gasteiger partial charge in [0.15, 0.2) is 0 Å². The lowest BCUT2D eigenvalue weighted by Gasteiger charge is -2.20. The number of likely N-dealkylation sites (N-methyl/N-ethyl adjacent to an activating group) is 1. The van der Waals surface area contributed by atoms with Crippen LogP contribution in [0.2, 0.25) is 5.02 Å². The molecule has 0 aromatic heterocycles. The Kier molecular flexibility index (Phi) is 4.97.